The highest BCUT2D eigenvalue weighted by Gasteiger charge is 2.14. The van der Waals surface area contributed by atoms with Gasteiger partial charge in [0.15, 0.2) is 0 Å². The quantitative estimate of drug-likeness (QED) is 0.361. The summed E-state index contributed by atoms with van der Waals surface area (Å²) < 4.78 is 0. The van der Waals surface area contributed by atoms with E-state index in [1.807, 2.05) is 0 Å². The first-order chi connectivity index (χ1) is 13.9. The second-order valence-corrected chi connectivity index (χ2v) is 6.11. The minimum atomic E-state index is -1.15. The van der Waals surface area contributed by atoms with E-state index in [2.05, 4.69) is 5.32 Å². The fourth-order valence-electron chi connectivity index (χ4n) is 2.64. The summed E-state index contributed by atoms with van der Waals surface area (Å²) in [5.41, 5.74) is 1.97. The maximum Gasteiger partial charge on any atom is 0.337 e. The van der Waals surface area contributed by atoms with E-state index in [1.54, 1.807) is 66.7 Å². The van der Waals surface area contributed by atoms with Crippen molar-refractivity contribution in [3.8, 4) is 0 Å². The van der Waals surface area contributed by atoms with E-state index in [4.69, 9.17) is 0 Å². The molecule has 7 nitrogen and oxygen atoms in total. The monoisotopic (exact) mass is 388 g/mol. The molecule has 1 amide bonds. The number of anilines is 1. The Kier molecular flexibility index (Phi) is 5.80. The van der Waals surface area contributed by atoms with Gasteiger partial charge in [0, 0.05) is 17.7 Å². The van der Waals surface area contributed by atoms with Gasteiger partial charge in [-0.05, 0) is 47.5 Å². The summed E-state index contributed by atoms with van der Waals surface area (Å²) in [6, 6.07) is 19.1. The van der Waals surface area contributed by atoms with Crippen LogP contribution < -0.4 is 5.32 Å². The molecule has 3 rings (SSSR count). The number of nitro benzene ring substituents is 1. The van der Waals surface area contributed by atoms with Crippen LogP contribution in [0.5, 0.6) is 0 Å². The first-order valence-electron chi connectivity index (χ1n) is 8.60. The van der Waals surface area contributed by atoms with Crippen molar-refractivity contribution in [3.05, 3.63) is 105 Å². The molecule has 0 saturated heterocycles. The Balaban J connectivity index is 1.85. The fraction of sp³-hybridized carbons (Fsp3) is 0. The summed E-state index contributed by atoms with van der Waals surface area (Å²) in [4.78, 5) is 34.1. The molecule has 2 N–H and O–H groups in total. The fourth-order valence-corrected chi connectivity index (χ4v) is 2.64. The zero-order valence-electron chi connectivity index (χ0n) is 15.1. The maximum absolute atomic E-state index is 12.4. The van der Waals surface area contributed by atoms with Gasteiger partial charge in [-0.15, -0.1) is 0 Å². The van der Waals surface area contributed by atoms with E-state index >= 15 is 0 Å². The maximum atomic E-state index is 12.4. The third-order valence-electron chi connectivity index (χ3n) is 4.13. The van der Waals surface area contributed by atoms with E-state index in [0.717, 1.165) is 5.56 Å². The van der Waals surface area contributed by atoms with Crippen LogP contribution in [0, 0.1) is 10.1 Å². The van der Waals surface area contributed by atoms with E-state index < -0.39 is 16.8 Å². The lowest BCUT2D eigenvalue weighted by Gasteiger charge is -2.10. The molecule has 0 bridgehead atoms. The van der Waals surface area contributed by atoms with Gasteiger partial charge >= 0.3 is 5.97 Å². The van der Waals surface area contributed by atoms with Crippen LogP contribution in [-0.2, 0) is 0 Å². The molecule has 0 fully saturated rings. The summed E-state index contributed by atoms with van der Waals surface area (Å²) in [7, 11) is 0. The Labute approximate surface area is 166 Å². The van der Waals surface area contributed by atoms with E-state index in [9.17, 15) is 24.8 Å². The van der Waals surface area contributed by atoms with Crippen molar-refractivity contribution >= 4 is 35.4 Å². The van der Waals surface area contributed by atoms with Gasteiger partial charge in [-0.2, -0.15) is 0 Å². The van der Waals surface area contributed by atoms with Crippen LogP contribution in [0.1, 0.15) is 31.8 Å². The smallest absolute Gasteiger partial charge is 0.337 e. The van der Waals surface area contributed by atoms with Crippen LogP contribution in [0.2, 0.25) is 0 Å². The van der Waals surface area contributed by atoms with Gasteiger partial charge in [0.25, 0.3) is 11.6 Å². The zero-order chi connectivity index (χ0) is 20.8. The van der Waals surface area contributed by atoms with Crippen LogP contribution in [0.25, 0.3) is 12.2 Å². The number of nitro groups is 1. The number of rotatable bonds is 6. The molecule has 0 heterocycles. The number of nitrogens with one attached hydrogen (secondary N) is 1. The molecular weight excluding hydrogens is 372 g/mol. The molecule has 0 unspecified atom stereocenters. The van der Waals surface area contributed by atoms with Crippen molar-refractivity contribution in [1.82, 2.24) is 0 Å². The van der Waals surface area contributed by atoms with Crippen LogP contribution >= 0.6 is 0 Å². The second kappa shape index (κ2) is 8.62. The molecule has 0 atom stereocenters. The Bertz CT molecular complexity index is 1090. The first-order valence-corrected chi connectivity index (χ1v) is 8.60. The molecule has 29 heavy (non-hydrogen) atoms. The van der Waals surface area contributed by atoms with Crippen LogP contribution in [0.4, 0.5) is 11.4 Å². The van der Waals surface area contributed by atoms with Crippen molar-refractivity contribution in [3.63, 3.8) is 0 Å². The molecular formula is C22H16N2O5. The average molecular weight is 388 g/mol. The standard InChI is InChI=1S/C22H16N2O5/c25-21(17-4-2-1-3-5-17)23-20-14-16(10-13-19(20)22(26)27)7-6-15-8-11-18(12-9-15)24(28)29/h1-14H,(H,23,25)(H,26,27)/b7-6+. The van der Waals surface area contributed by atoms with E-state index in [1.165, 1.54) is 18.2 Å². The predicted molar refractivity (Wildman–Crippen MR) is 110 cm³/mol. The van der Waals surface area contributed by atoms with E-state index in [-0.39, 0.29) is 16.9 Å². The normalized spacial score (nSPS) is 10.6. The summed E-state index contributed by atoms with van der Waals surface area (Å²) >= 11 is 0. The summed E-state index contributed by atoms with van der Waals surface area (Å²) in [6.07, 6.45) is 3.47. The molecule has 7 heteroatoms. The number of carbonyl (C=O) groups is 2. The molecule has 0 radical (unpaired) electrons. The number of benzene rings is 3. The number of amides is 1. The third kappa shape index (κ3) is 4.92. The van der Waals surface area contributed by atoms with Gasteiger partial charge in [0.1, 0.15) is 0 Å². The molecule has 3 aromatic carbocycles. The Morgan fingerprint density at radius 2 is 1.52 bits per heavy atom. The highest BCUT2D eigenvalue weighted by Crippen LogP contribution is 2.21. The van der Waals surface area contributed by atoms with E-state index in [0.29, 0.717) is 11.1 Å². The van der Waals surface area contributed by atoms with Gasteiger partial charge in [-0.25, -0.2) is 4.79 Å². The minimum absolute atomic E-state index is 0.00104. The van der Waals surface area contributed by atoms with Crippen LogP contribution in [0.3, 0.4) is 0 Å². The SMILES string of the molecule is O=C(Nc1cc(/C=C/c2ccc([N+](=O)[O-])cc2)ccc1C(=O)O)c1ccccc1. The molecule has 0 aliphatic heterocycles. The van der Waals surface area contributed by atoms with Crippen molar-refractivity contribution in [2.24, 2.45) is 0 Å². The Morgan fingerprint density at radius 1 is 0.897 bits per heavy atom. The van der Waals surface area contributed by atoms with Crippen LogP contribution in [0.15, 0.2) is 72.8 Å². The Hall–Kier alpha value is -4.26. The average Bonchev–Trinajstić information content (AvgIpc) is 2.73. The van der Waals surface area contributed by atoms with Crippen molar-refractivity contribution in [2.45, 2.75) is 0 Å². The number of hydrogen-bond donors (Lipinski definition) is 2. The molecule has 0 aliphatic rings. The molecule has 0 saturated carbocycles. The zero-order valence-corrected chi connectivity index (χ0v) is 15.1. The predicted octanol–water partition coefficient (Wildman–Crippen LogP) is 4.72. The number of carboxylic acid groups (broad SMARTS) is 1. The lowest BCUT2D eigenvalue weighted by atomic mass is 10.1. The molecule has 3 aromatic rings. The first kappa shape index (κ1) is 19.5. The topological polar surface area (TPSA) is 110 Å². The lowest BCUT2D eigenvalue weighted by Crippen LogP contribution is -2.14. The molecule has 0 aliphatic carbocycles. The highest BCUT2D eigenvalue weighted by atomic mass is 16.6. The molecule has 144 valence electrons. The van der Waals surface area contributed by atoms with Gasteiger partial charge in [-0.3, -0.25) is 14.9 Å². The number of hydrogen-bond acceptors (Lipinski definition) is 4. The van der Waals surface area contributed by atoms with Gasteiger partial charge in [0.05, 0.1) is 16.2 Å². The lowest BCUT2D eigenvalue weighted by molar-refractivity contribution is -0.384. The third-order valence-corrected chi connectivity index (χ3v) is 4.13. The molecule has 0 aromatic heterocycles. The summed E-state index contributed by atoms with van der Waals surface area (Å²) in [5.74, 6) is -1.57. The van der Waals surface area contributed by atoms with Crippen molar-refractivity contribution in [1.29, 1.82) is 0 Å². The Morgan fingerprint density at radius 3 is 2.14 bits per heavy atom. The minimum Gasteiger partial charge on any atom is -0.478 e. The number of nitrogens with zero attached hydrogens (tertiary/aromatic N) is 1. The number of non-ortho nitro benzene ring substituents is 1. The van der Waals surface area contributed by atoms with Gasteiger partial charge in [0.2, 0.25) is 0 Å². The van der Waals surface area contributed by atoms with Crippen molar-refractivity contribution in [2.75, 3.05) is 5.32 Å². The summed E-state index contributed by atoms with van der Waals surface area (Å²) in [6.45, 7) is 0. The van der Waals surface area contributed by atoms with Gasteiger partial charge < -0.3 is 10.4 Å². The largest absolute Gasteiger partial charge is 0.478 e. The number of aromatic carboxylic acids is 1. The van der Waals surface area contributed by atoms with Gasteiger partial charge in [-0.1, -0.05) is 36.4 Å². The highest BCUT2D eigenvalue weighted by molar-refractivity contribution is 6.08. The number of carbonyl (C=O) groups excluding carboxylic acids is 1. The summed E-state index contributed by atoms with van der Waals surface area (Å²) in [5, 5.41) is 22.7. The molecule has 0 spiro atoms. The van der Waals surface area contributed by atoms with Crippen LogP contribution in [-0.4, -0.2) is 21.9 Å². The second-order valence-electron chi connectivity index (χ2n) is 6.11. The van der Waals surface area contributed by atoms with Crippen molar-refractivity contribution < 1.29 is 19.6 Å². The number of carboxylic acids is 1.